The molecule has 1 aromatic carbocycles. The number of aromatic amines is 1. The van der Waals surface area contributed by atoms with Gasteiger partial charge in [-0.2, -0.15) is 5.26 Å². The minimum atomic E-state index is -1.00. The van der Waals surface area contributed by atoms with Crippen LogP contribution >= 0.6 is 0 Å². The Morgan fingerprint density at radius 3 is 2.59 bits per heavy atom. The third-order valence-corrected chi connectivity index (χ3v) is 5.24. The number of H-pyrrole nitrogens is 1. The third-order valence-electron chi connectivity index (χ3n) is 5.24. The average Bonchev–Trinajstić information content (AvgIpc) is 3.24. The molecule has 0 saturated heterocycles. The minimum absolute atomic E-state index is 0.0744. The minimum Gasteiger partial charge on any atom is -0.508 e. The van der Waals surface area contributed by atoms with Crippen molar-refractivity contribution in [1.29, 1.82) is 5.26 Å². The lowest BCUT2D eigenvalue weighted by Crippen LogP contribution is -2.21. The molecule has 3 heterocycles. The largest absolute Gasteiger partial charge is 0.508 e. The van der Waals surface area contributed by atoms with Crippen molar-refractivity contribution in [2.45, 2.75) is 20.0 Å². The fourth-order valence-electron chi connectivity index (χ4n) is 3.54. The van der Waals surface area contributed by atoms with Gasteiger partial charge in [-0.15, -0.1) is 0 Å². The molecular weight excluding hydrogens is 410 g/mol. The SMILES string of the molecule is Cc1ccc(O)c(C)c1-c1cnc2[nH]c(-c3cnc(OCC(O)CO)nc3)cc2c1C#N. The molecule has 0 fully saturated rings. The van der Waals surface area contributed by atoms with Crippen molar-refractivity contribution in [2.75, 3.05) is 13.2 Å². The molecule has 162 valence electrons. The van der Waals surface area contributed by atoms with Gasteiger partial charge in [0, 0.05) is 35.1 Å². The molecule has 1 unspecified atom stereocenters. The first-order valence-electron chi connectivity index (χ1n) is 9.88. The van der Waals surface area contributed by atoms with E-state index in [-0.39, 0.29) is 18.4 Å². The number of aryl methyl sites for hydroxylation is 1. The quantitative estimate of drug-likeness (QED) is 0.364. The summed E-state index contributed by atoms with van der Waals surface area (Å²) in [7, 11) is 0. The molecule has 32 heavy (non-hydrogen) atoms. The van der Waals surface area contributed by atoms with Gasteiger partial charge in [-0.25, -0.2) is 15.0 Å². The van der Waals surface area contributed by atoms with Crippen molar-refractivity contribution in [3.05, 3.63) is 53.5 Å². The molecule has 0 bridgehead atoms. The summed E-state index contributed by atoms with van der Waals surface area (Å²) in [6.07, 6.45) is 3.73. The normalized spacial score (nSPS) is 12.0. The zero-order chi connectivity index (χ0) is 22.8. The van der Waals surface area contributed by atoms with Crippen molar-refractivity contribution < 1.29 is 20.1 Å². The van der Waals surface area contributed by atoms with Gasteiger partial charge in [-0.05, 0) is 42.7 Å². The fourth-order valence-corrected chi connectivity index (χ4v) is 3.54. The molecule has 0 saturated carbocycles. The number of fused-ring (bicyclic) bond motifs is 1. The van der Waals surface area contributed by atoms with E-state index < -0.39 is 12.7 Å². The number of aliphatic hydroxyl groups excluding tert-OH is 2. The van der Waals surface area contributed by atoms with Gasteiger partial charge in [0.05, 0.1) is 17.9 Å². The predicted octanol–water partition coefficient (Wildman–Crippen LogP) is 2.61. The molecule has 0 amide bonds. The number of aliphatic hydroxyl groups is 2. The first-order valence-corrected chi connectivity index (χ1v) is 9.88. The number of aromatic nitrogens is 4. The highest BCUT2D eigenvalue weighted by atomic mass is 16.5. The second-order valence-corrected chi connectivity index (χ2v) is 7.41. The lowest BCUT2D eigenvalue weighted by Gasteiger charge is -2.13. The van der Waals surface area contributed by atoms with Crippen LogP contribution in [0.2, 0.25) is 0 Å². The molecule has 9 heteroatoms. The molecule has 0 spiro atoms. The fraction of sp³-hybridized carbons (Fsp3) is 0.217. The summed E-state index contributed by atoms with van der Waals surface area (Å²) in [4.78, 5) is 15.9. The second kappa shape index (κ2) is 8.63. The summed E-state index contributed by atoms with van der Waals surface area (Å²) in [6, 6.07) is 7.62. The lowest BCUT2D eigenvalue weighted by atomic mass is 9.92. The second-order valence-electron chi connectivity index (χ2n) is 7.41. The van der Waals surface area contributed by atoms with Crippen LogP contribution in [0.25, 0.3) is 33.4 Å². The van der Waals surface area contributed by atoms with Crippen LogP contribution < -0.4 is 4.74 Å². The van der Waals surface area contributed by atoms with Crippen LogP contribution in [0.5, 0.6) is 11.8 Å². The van der Waals surface area contributed by atoms with Crippen LogP contribution in [0.3, 0.4) is 0 Å². The smallest absolute Gasteiger partial charge is 0.316 e. The summed E-state index contributed by atoms with van der Waals surface area (Å²) in [6.45, 7) is 3.21. The van der Waals surface area contributed by atoms with Gasteiger partial charge in [0.15, 0.2) is 0 Å². The van der Waals surface area contributed by atoms with Crippen LogP contribution in [0.15, 0.2) is 36.8 Å². The molecule has 0 aliphatic heterocycles. The number of nitriles is 1. The topological polar surface area (TPSA) is 148 Å². The number of nitrogens with one attached hydrogen (secondary N) is 1. The van der Waals surface area contributed by atoms with Crippen LogP contribution in [-0.4, -0.2) is 54.6 Å². The van der Waals surface area contributed by atoms with E-state index in [1.807, 2.05) is 26.0 Å². The monoisotopic (exact) mass is 431 g/mol. The lowest BCUT2D eigenvalue weighted by molar-refractivity contribution is 0.0504. The number of aromatic hydroxyl groups is 1. The van der Waals surface area contributed by atoms with Crippen molar-refractivity contribution in [3.8, 4) is 40.2 Å². The Morgan fingerprint density at radius 1 is 1.16 bits per heavy atom. The van der Waals surface area contributed by atoms with E-state index in [1.54, 1.807) is 24.7 Å². The molecule has 0 aliphatic carbocycles. The number of hydrogen-bond acceptors (Lipinski definition) is 8. The highest BCUT2D eigenvalue weighted by Gasteiger charge is 2.18. The van der Waals surface area contributed by atoms with Crippen LogP contribution in [0, 0.1) is 25.2 Å². The molecule has 0 radical (unpaired) electrons. The first kappa shape index (κ1) is 21.2. The Hall–Kier alpha value is -4.00. The maximum atomic E-state index is 10.2. The third kappa shape index (κ3) is 3.85. The summed E-state index contributed by atoms with van der Waals surface area (Å²) in [5, 5.41) is 38.9. The summed E-state index contributed by atoms with van der Waals surface area (Å²) in [5.74, 6) is 0.162. The van der Waals surface area contributed by atoms with Gasteiger partial charge in [0.1, 0.15) is 30.2 Å². The molecule has 0 aliphatic rings. The first-order chi connectivity index (χ1) is 15.4. The van der Waals surface area contributed by atoms with E-state index in [9.17, 15) is 15.5 Å². The standard InChI is InChI=1S/C23H21N5O4/c1-12-3-4-20(31)13(2)21(12)18-9-25-22-16(17(18)6-24)5-19(28-22)14-7-26-23(27-8-14)32-11-15(30)10-29/h3-5,7-9,15,29-31H,10-11H2,1-2H3,(H,25,28). The highest BCUT2D eigenvalue weighted by Crippen LogP contribution is 2.37. The van der Waals surface area contributed by atoms with E-state index in [2.05, 4.69) is 26.0 Å². The van der Waals surface area contributed by atoms with Crippen molar-refractivity contribution in [3.63, 3.8) is 0 Å². The van der Waals surface area contributed by atoms with Crippen LogP contribution in [0.1, 0.15) is 16.7 Å². The van der Waals surface area contributed by atoms with Gasteiger partial charge in [0.2, 0.25) is 0 Å². The van der Waals surface area contributed by atoms with Gasteiger partial charge in [0.25, 0.3) is 0 Å². The zero-order valence-electron chi connectivity index (χ0n) is 17.5. The molecule has 1 atom stereocenters. The number of phenolic OH excluding ortho intramolecular Hbond substituents is 1. The summed E-state index contributed by atoms with van der Waals surface area (Å²) < 4.78 is 5.22. The number of pyridine rings is 1. The van der Waals surface area contributed by atoms with Crippen LogP contribution in [0.4, 0.5) is 0 Å². The Labute approximate surface area is 183 Å². The Balaban J connectivity index is 1.73. The number of ether oxygens (including phenoxy) is 1. The maximum Gasteiger partial charge on any atom is 0.316 e. The van der Waals surface area contributed by atoms with Crippen LogP contribution in [-0.2, 0) is 0 Å². The van der Waals surface area contributed by atoms with Gasteiger partial charge < -0.3 is 25.0 Å². The summed E-state index contributed by atoms with van der Waals surface area (Å²) >= 11 is 0. The van der Waals surface area contributed by atoms with Crippen molar-refractivity contribution in [2.24, 2.45) is 0 Å². The maximum absolute atomic E-state index is 10.2. The van der Waals surface area contributed by atoms with Gasteiger partial charge in [-0.3, -0.25) is 0 Å². The number of nitrogens with zero attached hydrogens (tertiary/aromatic N) is 4. The van der Waals surface area contributed by atoms with Crippen molar-refractivity contribution in [1.82, 2.24) is 19.9 Å². The Kier molecular flexibility index (Phi) is 5.73. The van der Waals surface area contributed by atoms with E-state index >= 15 is 0 Å². The molecule has 4 N–H and O–H groups in total. The molecule has 9 nitrogen and oxygen atoms in total. The zero-order valence-corrected chi connectivity index (χ0v) is 17.5. The van der Waals surface area contributed by atoms with Gasteiger partial charge >= 0.3 is 6.01 Å². The molecule has 4 aromatic rings. The Morgan fingerprint density at radius 2 is 1.91 bits per heavy atom. The number of rotatable bonds is 6. The van der Waals surface area contributed by atoms with E-state index in [0.717, 1.165) is 11.1 Å². The van der Waals surface area contributed by atoms with Crippen molar-refractivity contribution >= 4 is 11.0 Å². The van der Waals surface area contributed by atoms with Gasteiger partial charge in [-0.1, -0.05) is 6.07 Å². The predicted molar refractivity (Wildman–Crippen MR) is 117 cm³/mol. The average molecular weight is 431 g/mol. The Bertz CT molecular complexity index is 1330. The number of benzene rings is 1. The van der Waals surface area contributed by atoms with E-state index in [0.29, 0.717) is 39.0 Å². The number of hydrogen-bond donors (Lipinski definition) is 4. The highest BCUT2D eigenvalue weighted by molar-refractivity contribution is 5.94. The molecule has 4 rings (SSSR count). The number of phenols is 1. The summed E-state index contributed by atoms with van der Waals surface area (Å²) in [5.41, 5.74) is 5.39. The molecule has 3 aromatic heterocycles. The van der Waals surface area contributed by atoms with E-state index in [4.69, 9.17) is 9.84 Å². The molecular formula is C23H21N5O4. The van der Waals surface area contributed by atoms with E-state index in [1.165, 1.54) is 0 Å².